The van der Waals surface area contributed by atoms with Crippen LogP contribution in [0.1, 0.15) is 0 Å². The van der Waals surface area contributed by atoms with Gasteiger partial charge in [-0.2, -0.15) is 0 Å². The van der Waals surface area contributed by atoms with Crippen LogP contribution < -0.4 is 0 Å². The van der Waals surface area contributed by atoms with Crippen molar-refractivity contribution >= 4 is 6.72 Å². The minimum absolute atomic E-state index is 0. The van der Waals surface area contributed by atoms with Crippen LogP contribution in [0.25, 0.3) is 0 Å². The zero-order chi connectivity index (χ0) is 2.71. The molecule has 0 aliphatic rings. The van der Waals surface area contributed by atoms with Crippen molar-refractivity contribution in [1.82, 2.24) is 0 Å². The molecule has 1 radical (unpaired) electrons. The molecule has 0 aromatic carbocycles. The van der Waals surface area contributed by atoms with Crippen molar-refractivity contribution in [3.8, 4) is 0 Å². The Morgan fingerprint density at radius 1 is 1.75 bits per heavy atom. The van der Waals surface area contributed by atoms with Crippen molar-refractivity contribution in [2.24, 2.45) is 5.16 Å². The number of hydrogen-bond donors (Lipinski definition) is 1. The minimum Gasteiger partial charge on any atom is -0.411 e. The van der Waals surface area contributed by atoms with Crippen molar-refractivity contribution in [3.05, 3.63) is 0 Å². The molecule has 0 heterocycles. The number of rotatable bonds is 0. The van der Waals surface area contributed by atoms with Crippen molar-refractivity contribution in [1.29, 1.82) is 0 Å². The summed E-state index contributed by atoms with van der Waals surface area (Å²) < 4.78 is 0. The fourth-order valence-electron chi connectivity index (χ4n) is 0. The second-order valence-corrected chi connectivity index (χ2v) is 0.141. The summed E-state index contributed by atoms with van der Waals surface area (Å²) in [6, 6.07) is 0. The summed E-state index contributed by atoms with van der Waals surface area (Å²) >= 11 is 0. The molecule has 0 fully saturated rings. The van der Waals surface area contributed by atoms with Crippen LogP contribution in [0.15, 0.2) is 5.16 Å². The molecular weight excluding hydrogens is 101 g/mol. The molecule has 0 unspecified atom stereocenters. The van der Waals surface area contributed by atoms with Crippen molar-refractivity contribution < 1.29 is 22.0 Å². The Kier molecular flexibility index (Phi) is 27.5. The van der Waals surface area contributed by atoms with Gasteiger partial charge in [-0.05, 0) is 0 Å². The van der Waals surface area contributed by atoms with E-state index in [1.165, 1.54) is 0 Å². The van der Waals surface area contributed by atoms with Crippen molar-refractivity contribution in [2.45, 2.75) is 0 Å². The van der Waals surface area contributed by atoms with Gasteiger partial charge < -0.3 is 5.21 Å². The molecule has 0 saturated carbocycles. The quantitative estimate of drug-likeness (QED) is 0.263. The topological polar surface area (TPSA) is 32.6 Å². The van der Waals surface area contributed by atoms with E-state index in [-0.39, 0.29) is 16.8 Å². The van der Waals surface area contributed by atoms with Crippen LogP contribution in [0, 0.1) is 0 Å². The Hall–Kier alpha value is -0.0235. The van der Waals surface area contributed by atoms with Crippen molar-refractivity contribution in [2.75, 3.05) is 0 Å². The average molecular weight is 104 g/mol. The molecule has 4 heavy (non-hydrogen) atoms. The number of nitrogens with zero attached hydrogens (tertiary/aromatic N) is 1. The number of hydrogen-bond acceptors (Lipinski definition) is 2. The second-order valence-electron chi connectivity index (χ2n) is 0.141. The molecule has 27 valence electrons. The molecule has 0 atom stereocenters. The first kappa shape index (κ1) is 9.02. The molecule has 0 rings (SSSR count). The predicted octanol–water partition coefficient (Wildman–Crippen LogP) is 0.0737. The van der Waals surface area contributed by atoms with E-state index in [1.807, 2.05) is 0 Å². The first-order valence-electron chi connectivity index (χ1n) is 0.516. The van der Waals surface area contributed by atoms with Gasteiger partial charge >= 0.3 is 0 Å². The van der Waals surface area contributed by atoms with E-state index in [2.05, 4.69) is 11.9 Å². The average Bonchev–Trinajstić information content (AvgIpc) is 0.918. The van der Waals surface area contributed by atoms with Crippen LogP contribution in [0.4, 0.5) is 0 Å². The predicted molar refractivity (Wildman–Crippen MR) is 11.3 cm³/mol. The Labute approximate surface area is 34.7 Å². The van der Waals surface area contributed by atoms with E-state index < -0.39 is 0 Å². The summed E-state index contributed by atoms with van der Waals surface area (Å²) in [5.74, 6) is 0. The van der Waals surface area contributed by atoms with Crippen LogP contribution in [-0.4, -0.2) is 11.9 Å². The fourth-order valence-corrected chi connectivity index (χ4v) is 0. The molecule has 0 aliphatic carbocycles. The standard InChI is InChI=1S/CH3NO.Co/c1-2-3;/h3H,1H2;. The maximum Gasteiger partial charge on any atom is 0.0298 e. The van der Waals surface area contributed by atoms with Crippen LogP contribution in [-0.2, 0) is 16.8 Å². The summed E-state index contributed by atoms with van der Waals surface area (Å²) in [7, 11) is 0. The first-order valence-corrected chi connectivity index (χ1v) is 0.516. The Balaban J connectivity index is 0. The van der Waals surface area contributed by atoms with Gasteiger partial charge in [0.1, 0.15) is 0 Å². The van der Waals surface area contributed by atoms with Gasteiger partial charge in [-0.1, -0.05) is 0 Å². The molecular formula is CH3CoNO. The van der Waals surface area contributed by atoms with Crippen LogP contribution in [0.2, 0.25) is 0 Å². The summed E-state index contributed by atoms with van der Waals surface area (Å²) in [5, 5.41) is 9.33. The molecule has 0 bridgehead atoms. The Morgan fingerprint density at radius 3 is 1.75 bits per heavy atom. The third-order valence-corrected chi connectivity index (χ3v) is 0. The van der Waals surface area contributed by atoms with Crippen molar-refractivity contribution in [3.63, 3.8) is 0 Å². The smallest absolute Gasteiger partial charge is 0.0298 e. The molecule has 0 aromatic rings. The number of oxime groups is 1. The zero-order valence-electron chi connectivity index (χ0n) is 1.93. The van der Waals surface area contributed by atoms with Crippen LogP contribution in [0.3, 0.4) is 0 Å². The normalized spacial score (nSPS) is 3.00. The van der Waals surface area contributed by atoms with Gasteiger partial charge in [0.2, 0.25) is 0 Å². The molecule has 0 amide bonds. The fraction of sp³-hybridized carbons (Fsp3) is 0. The van der Waals surface area contributed by atoms with Crippen LogP contribution >= 0.6 is 0 Å². The van der Waals surface area contributed by atoms with Gasteiger partial charge in [-0.15, -0.1) is 5.16 Å². The molecule has 3 heteroatoms. The van der Waals surface area contributed by atoms with Gasteiger partial charge in [0.15, 0.2) is 0 Å². The van der Waals surface area contributed by atoms with Gasteiger partial charge in [0.05, 0.1) is 0 Å². The summed E-state index contributed by atoms with van der Waals surface area (Å²) in [4.78, 5) is 0. The second kappa shape index (κ2) is 12.2. The van der Waals surface area contributed by atoms with E-state index in [0.29, 0.717) is 0 Å². The van der Waals surface area contributed by atoms with Gasteiger partial charge in [0, 0.05) is 23.5 Å². The summed E-state index contributed by atoms with van der Waals surface area (Å²) in [5.41, 5.74) is 0. The monoisotopic (exact) mass is 104 g/mol. The maximum absolute atomic E-state index is 7.08. The minimum atomic E-state index is 0. The Morgan fingerprint density at radius 2 is 1.75 bits per heavy atom. The third-order valence-electron chi connectivity index (χ3n) is 0. The third kappa shape index (κ3) is 3410. The van der Waals surface area contributed by atoms with E-state index in [0.717, 1.165) is 0 Å². The Bertz CT molecular complexity index is 15.5. The molecule has 0 spiro atoms. The summed E-state index contributed by atoms with van der Waals surface area (Å²) in [6.45, 7) is 2.67. The van der Waals surface area contributed by atoms with Gasteiger partial charge in [-0.25, -0.2) is 0 Å². The molecule has 1 N–H and O–H groups in total. The molecule has 0 aliphatic heterocycles. The zero-order valence-corrected chi connectivity index (χ0v) is 2.98. The van der Waals surface area contributed by atoms with E-state index in [4.69, 9.17) is 5.21 Å². The maximum atomic E-state index is 7.08. The molecule has 0 saturated heterocycles. The van der Waals surface area contributed by atoms with Gasteiger partial charge in [-0.3, -0.25) is 0 Å². The largest absolute Gasteiger partial charge is 0.411 e. The van der Waals surface area contributed by atoms with E-state index in [9.17, 15) is 0 Å². The van der Waals surface area contributed by atoms with Gasteiger partial charge in [0.25, 0.3) is 0 Å². The van der Waals surface area contributed by atoms with Crippen LogP contribution in [0.5, 0.6) is 0 Å². The molecule has 2 nitrogen and oxygen atoms in total. The first-order chi connectivity index (χ1) is 1.41. The summed E-state index contributed by atoms with van der Waals surface area (Å²) in [6.07, 6.45) is 0. The van der Waals surface area contributed by atoms with E-state index in [1.54, 1.807) is 0 Å². The van der Waals surface area contributed by atoms with E-state index >= 15 is 0 Å². The molecule has 0 aromatic heterocycles. The SMILES string of the molecule is C=NO.[Co].